The number of pyridine rings is 1. The molecule has 6 nitrogen and oxygen atoms in total. The van der Waals surface area contributed by atoms with Crippen LogP contribution >= 0.6 is 0 Å². The second-order valence-corrected chi connectivity index (χ2v) is 6.70. The Hall–Kier alpha value is -1.96. The summed E-state index contributed by atoms with van der Waals surface area (Å²) in [5.74, 6) is 5.56. The summed E-state index contributed by atoms with van der Waals surface area (Å²) < 4.78 is 27.3. The van der Waals surface area contributed by atoms with Crippen molar-refractivity contribution in [3.63, 3.8) is 0 Å². The Labute approximate surface area is 123 Å². The molecule has 7 heteroatoms. The Bertz CT molecular complexity index is 761. The van der Waals surface area contributed by atoms with Crippen LogP contribution in [0.2, 0.25) is 0 Å². The van der Waals surface area contributed by atoms with E-state index in [1.165, 1.54) is 29.6 Å². The van der Waals surface area contributed by atoms with Crippen molar-refractivity contribution in [2.75, 3.05) is 12.0 Å². The maximum atomic E-state index is 12.3. The third-order valence-electron chi connectivity index (χ3n) is 3.71. The lowest BCUT2D eigenvalue weighted by atomic mass is 9.78. The lowest BCUT2D eigenvalue weighted by Gasteiger charge is -2.30. The van der Waals surface area contributed by atoms with E-state index in [1.54, 1.807) is 0 Å². The molecule has 0 radical (unpaired) electrons. The number of nitrogens with zero attached hydrogens (tertiary/aromatic N) is 1. The van der Waals surface area contributed by atoms with Crippen molar-refractivity contribution in [3.8, 4) is 0 Å². The monoisotopic (exact) mass is 304 g/mol. The van der Waals surface area contributed by atoms with Gasteiger partial charge in [-0.2, -0.15) is 0 Å². The van der Waals surface area contributed by atoms with E-state index in [0.29, 0.717) is 12.2 Å². The Morgan fingerprint density at radius 3 is 2.86 bits per heavy atom. The van der Waals surface area contributed by atoms with Gasteiger partial charge in [-0.1, -0.05) is 24.3 Å². The van der Waals surface area contributed by atoms with Crippen molar-refractivity contribution in [2.45, 2.75) is 17.2 Å². The minimum absolute atomic E-state index is 0.0557. The van der Waals surface area contributed by atoms with Gasteiger partial charge in [-0.05, 0) is 23.6 Å². The summed E-state index contributed by atoms with van der Waals surface area (Å²) in [5.41, 5.74) is 5.20. The largest absolute Gasteiger partial charge is 0.323 e. The van der Waals surface area contributed by atoms with E-state index in [0.717, 1.165) is 6.42 Å². The molecule has 1 unspecified atom stereocenters. The van der Waals surface area contributed by atoms with Crippen molar-refractivity contribution >= 4 is 15.7 Å². The van der Waals surface area contributed by atoms with E-state index in [4.69, 9.17) is 5.84 Å². The summed E-state index contributed by atoms with van der Waals surface area (Å²) in [6, 6.07) is 9.59. The molecule has 1 atom stereocenters. The second kappa shape index (κ2) is 5.44. The van der Waals surface area contributed by atoms with Crippen LogP contribution < -0.4 is 16.0 Å². The molecule has 1 aliphatic carbocycles. The molecule has 0 fully saturated rings. The van der Waals surface area contributed by atoms with Crippen LogP contribution in [0.3, 0.4) is 0 Å². The molecule has 4 N–H and O–H groups in total. The molecule has 1 aromatic carbocycles. The standard InChI is InChI=1S/C14H16N4O2S/c15-18-13-5-6-16-9-14(13)21(19,20)17-8-11-7-10-3-1-2-4-12(10)11/h1-6,9,11,17H,7-8,15H2,(H,16,18). The first-order valence-electron chi connectivity index (χ1n) is 6.60. The highest BCUT2D eigenvalue weighted by Gasteiger charge is 2.27. The van der Waals surface area contributed by atoms with Gasteiger partial charge in [0.15, 0.2) is 0 Å². The Morgan fingerprint density at radius 1 is 1.29 bits per heavy atom. The zero-order valence-electron chi connectivity index (χ0n) is 11.3. The average molecular weight is 304 g/mol. The molecule has 2 aromatic rings. The first kappa shape index (κ1) is 14.0. The number of hydrazine groups is 1. The van der Waals surface area contributed by atoms with Gasteiger partial charge in [0.25, 0.3) is 0 Å². The maximum Gasteiger partial charge on any atom is 0.244 e. The predicted octanol–water partition coefficient (Wildman–Crippen LogP) is 0.985. The Morgan fingerprint density at radius 2 is 2.10 bits per heavy atom. The molecule has 110 valence electrons. The number of hydrogen-bond acceptors (Lipinski definition) is 5. The van der Waals surface area contributed by atoms with Crippen molar-refractivity contribution in [1.29, 1.82) is 0 Å². The van der Waals surface area contributed by atoms with Crippen LogP contribution in [0.25, 0.3) is 0 Å². The fourth-order valence-corrected chi connectivity index (χ4v) is 3.74. The van der Waals surface area contributed by atoms with Gasteiger partial charge in [-0.15, -0.1) is 0 Å². The Kier molecular flexibility index (Phi) is 3.62. The number of fused-ring (bicyclic) bond motifs is 1. The number of nitrogens with one attached hydrogen (secondary N) is 2. The summed E-state index contributed by atoms with van der Waals surface area (Å²) in [7, 11) is -3.63. The zero-order chi connectivity index (χ0) is 14.9. The summed E-state index contributed by atoms with van der Waals surface area (Å²) in [5, 5.41) is 0. The molecule has 1 heterocycles. The fraction of sp³-hybridized carbons (Fsp3) is 0.214. The van der Waals surface area contributed by atoms with Gasteiger partial charge >= 0.3 is 0 Å². The molecule has 0 saturated carbocycles. The van der Waals surface area contributed by atoms with Gasteiger partial charge in [0.05, 0.1) is 5.69 Å². The average Bonchev–Trinajstić information content (AvgIpc) is 2.48. The van der Waals surface area contributed by atoms with Crippen LogP contribution in [0.4, 0.5) is 5.69 Å². The number of nitrogen functional groups attached to an aromatic ring is 1. The third-order valence-corrected chi connectivity index (χ3v) is 5.16. The van der Waals surface area contributed by atoms with E-state index in [-0.39, 0.29) is 10.8 Å². The molecular formula is C14H16N4O2S. The van der Waals surface area contributed by atoms with E-state index in [2.05, 4.69) is 21.2 Å². The molecule has 21 heavy (non-hydrogen) atoms. The van der Waals surface area contributed by atoms with Crippen LogP contribution in [0, 0.1) is 0 Å². The maximum absolute atomic E-state index is 12.3. The first-order chi connectivity index (χ1) is 10.1. The van der Waals surface area contributed by atoms with E-state index in [1.807, 2.05) is 18.2 Å². The van der Waals surface area contributed by atoms with E-state index < -0.39 is 10.0 Å². The number of anilines is 1. The highest BCUT2D eigenvalue weighted by Crippen LogP contribution is 2.34. The molecule has 1 aromatic heterocycles. The minimum Gasteiger partial charge on any atom is -0.323 e. The molecular weight excluding hydrogens is 288 g/mol. The Balaban J connectivity index is 1.73. The molecule has 1 aliphatic rings. The molecule has 0 aliphatic heterocycles. The minimum atomic E-state index is -3.63. The fourth-order valence-electron chi connectivity index (χ4n) is 2.55. The molecule has 3 rings (SSSR count). The van der Waals surface area contributed by atoms with Gasteiger partial charge in [0, 0.05) is 24.9 Å². The number of sulfonamides is 1. The number of aromatic nitrogens is 1. The van der Waals surface area contributed by atoms with E-state index in [9.17, 15) is 8.42 Å². The van der Waals surface area contributed by atoms with Crippen molar-refractivity contribution in [2.24, 2.45) is 5.84 Å². The SMILES string of the molecule is NNc1ccncc1S(=O)(=O)NCC1Cc2ccccc21. The number of hydrogen-bond donors (Lipinski definition) is 3. The number of benzene rings is 1. The summed E-state index contributed by atoms with van der Waals surface area (Å²) in [4.78, 5) is 3.90. The molecule has 0 saturated heterocycles. The second-order valence-electron chi connectivity index (χ2n) is 4.97. The van der Waals surface area contributed by atoms with Crippen LogP contribution in [-0.2, 0) is 16.4 Å². The zero-order valence-corrected chi connectivity index (χ0v) is 12.1. The highest BCUT2D eigenvalue weighted by molar-refractivity contribution is 7.89. The van der Waals surface area contributed by atoms with E-state index >= 15 is 0 Å². The molecule has 0 bridgehead atoms. The number of rotatable bonds is 5. The van der Waals surface area contributed by atoms with Crippen LogP contribution in [-0.4, -0.2) is 19.9 Å². The summed E-state index contributed by atoms with van der Waals surface area (Å²) in [6.45, 7) is 0.373. The van der Waals surface area contributed by atoms with Crippen molar-refractivity contribution in [3.05, 3.63) is 53.9 Å². The summed E-state index contributed by atoms with van der Waals surface area (Å²) in [6.07, 6.45) is 3.66. The van der Waals surface area contributed by atoms with Gasteiger partial charge in [0.2, 0.25) is 10.0 Å². The topological polar surface area (TPSA) is 97.1 Å². The highest BCUT2D eigenvalue weighted by atomic mass is 32.2. The van der Waals surface area contributed by atoms with Gasteiger partial charge in [-0.3, -0.25) is 10.8 Å². The summed E-state index contributed by atoms with van der Waals surface area (Å²) >= 11 is 0. The van der Waals surface area contributed by atoms with Crippen LogP contribution in [0.15, 0.2) is 47.6 Å². The van der Waals surface area contributed by atoms with Gasteiger partial charge < -0.3 is 5.43 Å². The third kappa shape index (κ3) is 2.63. The lowest BCUT2D eigenvalue weighted by molar-refractivity contribution is 0.552. The quantitative estimate of drug-likeness (QED) is 0.565. The lowest BCUT2D eigenvalue weighted by Crippen LogP contribution is -2.33. The molecule has 0 spiro atoms. The normalized spacial score (nSPS) is 16.9. The van der Waals surface area contributed by atoms with Crippen LogP contribution in [0.1, 0.15) is 17.0 Å². The predicted molar refractivity (Wildman–Crippen MR) is 80.1 cm³/mol. The molecule has 0 amide bonds. The van der Waals surface area contributed by atoms with Crippen molar-refractivity contribution < 1.29 is 8.42 Å². The first-order valence-corrected chi connectivity index (χ1v) is 8.08. The smallest absolute Gasteiger partial charge is 0.244 e. The van der Waals surface area contributed by atoms with Crippen molar-refractivity contribution in [1.82, 2.24) is 9.71 Å². The number of nitrogens with two attached hydrogens (primary N) is 1. The van der Waals surface area contributed by atoms with Gasteiger partial charge in [0.1, 0.15) is 4.90 Å². The van der Waals surface area contributed by atoms with Gasteiger partial charge in [-0.25, -0.2) is 13.1 Å². The van der Waals surface area contributed by atoms with Crippen LogP contribution in [0.5, 0.6) is 0 Å².